The Bertz CT molecular complexity index is 433. The molecule has 3 heteroatoms. The van der Waals surface area contributed by atoms with E-state index < -0.39 is 11.5 Å². The van der Waals surface area contributed by atoms with Crippen LogP contribution in [0.5, 0.6) is 0 Å². The number of aliphatic hydroxyl groups excluding tert-OH is 1. The van der Waals surface area contributed by atoms with Crippen molar-refractivity contribution >= 4 is 11.6 Å². The second-order valence-electron chi connectivity index (χ2n) is 6.25. The highest BCUT2D eigenvalue weighted by atomic mass is 16.3. The summed E-state index contributed by atoms with van der Waals surface area (Å²) >= 11 is 0. The molecule has 0 aromatic rings. The summed E-state index contributed by atoms with van der Waals surface area (Å²) in [6.45, 7) is 7.66. The van der Waals surface area contributed by atoms with Gasteiger partial charge in [-0.3, -0.25) is 9.59 Å². The van der Waals surface area contributed by atoms with Gasteiger partial charge in [-0.25, -0.2) is 0 Å². The van der Waals surface area contributed by atoms with Crippen LogP contribution in [0.15, 0.2) is 11.1 Å². The molecule has 1 saturated carbocycles. The Morgan fingerprint density at radius 3 is 2.44 bits per heavy atom. The van der Waals surface area contributed by atoms with Crippen LogP contribution in [0.2, 0.25) is 0 Å². The number of fused-ring (bicyclic) bond motifs is 1. The number of hydrogen-bond donors (Lipinski definition) is 1. The van der Waals surface area contributed by atoms with Gasteiger partial charge in [0.05, 0.1) is 11.5 Å². The predicted octanol–water partition coefficient (Wildman–Crippen LogP) is 2.28. The molecule has 0 amide bonds. The van der Waals surface area contributed by atoms with Crippen LogP contribution in [0.1, 0.15) is 47.0 Å². The molecule has 0 aromatic carbocycles. The zero-order valence-corrected chi connectivity index (χ0v) is 11.6. The third kappa shape index (κ3) is 1.68. The third-order valence-corrected chi connectivity index (χ3v) is 4.78. The topological polar surface area (TPSA) is 54.4 Å². The van der Waals surface area contributed by atoms with Gasteiger partial charge in [0, 0.05) is 17.9 Å². The van der Waals surface area contributed by atoms with Gasteiger partial charge in [-0.15, -0.1) is 0 Å². The van der Waals surface area contributed by atoms with Gasteiger partial charge in [-0.05, 0) is 32.6 Å². The molecular weight excluding hydrogens is 228 g/mol. The zero-order chi connectivity index (χ0) is 13.7. The van der Waals surface area contributed by atoms with E-state index >= 15 is 0 Å². The Morgan fingerprint density at radius 2 is 1.89 bits per heavy atom. The first-order chi connectivity index (χ1) is 8.30. The third-order valence-electron chi connectivity index (χ3n) is 4.78. The van der Waals surface area contributed by atoms with Gasteiger partial charge < -0.3 is 5.11 Å². The van der Waals surface area contributed by atoms with E-state index in [1.54, 1.807) is 6.92 Å². The second-order valence-corrected chi connectivity index (χ2v) is 6.25. The fraction of sp³-hybridized carbons (Fsp3) is 0.733. The molecule has 100 valence electrons. The lowest BCUT2D eigenvalue weighted by molar-refractivity contribution is -0.142. The summed E-state index contributed by atoms with van der Waals surface area (Å²) in [7, 11) is 0. The van der Waals surface area contributed by atoms with Crippen LogP contribution < -0.4 is 0 Å². The number of hydrogen-bond acceptors (Lipinski definition) is 3. The Labute approximate surface area is 108 Å². The molecule has 18 heavy (non-hydrogen) atoms. The van der Waals surface area contributed by atoms with Crippen molar-refractivity contribution in [1.82, 2.24) is 0 Å². The first-order valence-corrected chi connectivity index (χ1v) is 6.76. The number of aliphatic hydroxyl groups is 1. The monoisotopic (exact) mass is 250 g/mol. The van der Waals surface area contributed by atoms with Crippen molar-refractivity contribution in [2.75, 3.05) is 0 Å². The van der Waals surface area contributed by atoms with Crippen LogP contribution in [-0.2, 0) is 9.59 Å². The lowest BCUT2D eigenvalue weighted by Crippen LogP contribution is -2.53. The highest BCUT2D eigenvalue weighted by Gasteiger charge is 2.54. The molecule has 1 fully saturated rings. The van der Waals surface area contributed by atoms with Crippen LogP contribution in [0.3, 0.4) is 0 Å². The highest BCUT2D eigenvalue weighted by Crippen LogP contribution is 2.48. The molecule has 2 aliphatic rings. The van der Waals surface area contributed by atoms with Gasteiger partial charge in [0.15, 0.2) is 5.78 Å². The number of carbonyl (C=O) groups is 2. The van der Waals surface area contributed by atoms with Crippen LogP contribution >= 0.6 is 0 Å². The van der Waals surface area contributed by atoms with E-state index in [1.807, 2.05) is 20.8 Å². The molecule has 0 bridgehead atoms. The van der Waals surface area contributed by atoms with Crippen LogP contribution in [-0.4, -0.2) is 22.8 Å². The summed E-state index contributed by atoms with van der Waals surface area (Å²) in [5.41, 5.74) is 0.646. The molecule has 0 saturated heterocycles. The maximum Gasteiger partial charge on any atom is 0.163 e. The van der Waals surface area contributed by atoms with E-state index in [0.717, 1.165) is 5.57 Å². The van der Waals surface area contributed by atoms with Crippen molar-refractivity contribution in [3.05, 3.63) is 11.1 Å². The van der Waals surface area contributed by atoms with Gasteiger partial charge in [0.25, 0.3) is 0 Å². The molecule has 2 rings (SSSR count). The zero-order valence-electron chi connectivity index (χ0n) is 11.6. The van der Waals surface area contributed by atoms with E-state index in [2.05, 4.69) is 0 Å². The number of allylic oxidation sites excluding steroid dienone is 1. The summed E-state index contributed by atoms with van der Waals surface area (Å²) in [5.74, 6) is 0.160. The normalized spacial score (nSPS) is 37.2. The van der Waals surface area contributed by atoms with Crippen molar-refractivity contribution in [2.45, 2.75) is 53.1 Å². The Morgan fingerprint density at radius 1 is 1.28 bits per heavy atom. The van der Waals surface area contributed by atoms with Crippen LogP contribution in [0, 0.1) is 17.3 Å². The predicted molar refractivity (Wildman–Crippen MR) is 69.0 cm³/mol. The van der Waals surface area contributed by atoms with Crippen molar-refractivity contribution in [3.8, 4) is 0 Å². The summed E-state index contributed by atoms with van der Waals surface area (Å²) in [5, 5.41) is 10.4. The molecule has 3 unspecified atom stereocenters. The van der Waals surface area contributed by atoms with Gasteiger partial charge in [-0.1, -0.05) is 19.4 Å². The number of Topliss-reactive ketones (excluding diaryl/α,β-unsaturated/α-hetero) is 2. The van der Waals surface area contributed by atoms with E-state index in [0.29, 0.717) is 24.8 Å². The highest BCUT2D eigenvalue weighted by molar-refractivity contribution is 6.08. The SMILES string of the molecule is CC1=C2C(=O)C(C(C)C)CC(O)C2(C)C(=O)CC1. The minimum Gasteiger partial charge on any atom is -0.392 e. The summed E-state index contributed by atoms with van der Waals surface area (Å²) in [6.07, 6.45) is 0.797. The number of ketones is 2. The molecule has 0 spiro atoms. The number of rotatable bonds is 1. The fourth-order valence-electron chi connectivity index (χ4n) is 3.43. The summed E-state index contributed by atoms with van der Waals surface area (Å²) in [6, 6.07) is 0. The summed E-state index contributed by atoms with van der Waals surface area (Å²) in [4.78, 5) is 24.8. The van der Waals surface area contributed by atoms with Crippen LogP contribution in [0.25, 0.3) is 0 Å². The lowest BCUT2D eigenvalue weighted by Gasteiger charge is -2.45. The molecule has 0 aromatic heterocycles. The first kappa shape index (κ1) is 13.5. The molecule has 1 N–H and O–H groups in total. The summed E-state index contributed by atoms with van der Waals surface area (Å²) < 4.78 is 0. The molecular formula is C15H22O3. The maximum absolute atomic E-state index is 12.6. The molecule has 2 aliphatic carbocycles. The van der Waals surface area contributed by atoms with Crippen molar-refractivity contribution < 1.29 is 14.7 Å². The maximum atomic E-state index is 12.6. The Balaban J connectivity index is 2.54. The smallest absolute Gasteiger partial charge is 0.163 e. The van der Waals surface area contributed by atoms with Gasteiger partial charge in [0.2, 0.25) is 0 Å². The second kappa shape index (κ2) is 4.30. The van der Waals surface area contributed by atoms with E-state index in [9.17, 15) is 14.7 Å². The van der Waals surface area contributed by atoms with Crippen molar-refractivity contribution in [2.24, 2.45) is 17.3 Å². The fourth-order valence-corrected chi connectivity index (χ4v) is 3.43. The number of carbonyl (C=O) groups excluding carboxylic acids is 2. The minimum absolute atomic E-state index is 0.0196. The van der Waals surface area contributed by atoms with Crippen molar-refractivity contribution in [3.63, 3.8) is 0 Å². The van der Waals surface area contributed by atoms with Gasteiger partial charge in [0.1, 0.15) is 5.78 Å². The largest absolute Gasteiger partial charge is 0.392 e. The van der Waals surface area contributed by atoms with Crippen molar-refractivity contribution in [1.29, 1.82) is 0 Å². The molecule has 0 heterocycles. The van der Waals surface area contributed by atoms with E-state index in [-0.39, 0.29) is 23.4 Å². The average Bonchev–Trinajstić information content (AvgIpc) is 2.29. The van der Waals surface area contributed by atoms with Gasteiger partial charge >= 0.3 is 0 Å². The van der Waals surface area contributed by atoms with Gasteiger partial charge in [-0.2, -0.15) is 0 Å². The minimum atomic E-state index is -0.954. The molecule has 0 radical (unpaired) electrons. The molecule has 0 aliphatic heterocycles. The van der Waals surface area contributed by atoms with E-state index in [4.69, 9.17) is 0 Å². The van der Waals surface area contributed by atoms with Crippen LogP contribution in [0.4, 0.5) is 0 Å². The van der Waals surface area contributed by atoms with E-state index in [1.165, 1.54) is 0 Å². The Kier molecular flexibility index (Phi) is 3.22. The Hall–Kier alpha value is -0.960. The molecule has 3 atom stereocenters. The average molecular weight is 250 g/mol. The lowest BCUT2D eigenvalue weighted by atomic mass is 9.57. The quantitative estimate of drug-likeness (QED) is 0.776. The first-order valence-electron chi connectivity index (χ1n) is 6.76. The molecule has 3 nitrogen and oxygen atoms in total. The standard InChI is InChI=1S/C15H22O3/c1-8(2)10-7-12(17)15(4)11(16)6-5-9(3)13(15)14(10)18/h8,10,12,17H,5-7H2,1-4H3.